The van der Waals surface area contributed by atoms with Crippen LogP contribution in [0, 0.1) is 0 Å². The molecule has 0 aliphatic rings. The van der Waals surface area contributed by atoms with E-state index in [1.54, 1.807) is 4.52 Å². The predicted octanol–water partition coefficient (Wildman–Crippen LogP) is 3.06. The largest absolute Gasteiger partial charge is 0.352 e. The van der Waals surface area contributed by atoms with Gasteiger partial charge in [0.2, 0.25) is 5.95 Å². The predicted molar refractivity (Wildman–Crippen MR) is 78.3 cm³/mol. The summed E-state index contributed by atoms with van der Waals surface area (Å²) in [5.74, 6) is 0.710. The van der Waals surface area contributed by atoms with Crippen LogP contribution in [0.4, 0.5) is 5.95 Å². The molecular weight excluding hydrogens is 244 g/mol. The Balaban J connectivity index is 2.09. The van der Waals surface area contributed by atoms with E-state index in [2.05, 4.69) is 35.5 Å². The van der Waals surface area contributed by atoms with Crippen molar-refractivity contribution < 1.29 is 0 Å². The van der Waals surface area contributed by atoms with Crippen LogP contribution in [-0.4, -0.2) is 32.1 Å². The van der Waals surface area contributed by atoms with Gasteiger partial charge in [-0.25, -0.2) is 4.52 Å². The second kappa shape index (κ2) is 5.61. The molecule has 98 valence electrons. The summed E-state index contributed by atoms with van der Waals surface area (Å²) in [7, 11) is 0. The lowest BCUT2D eigenvalue weighted by molar-refractivity contribution is 0.573. The van der Waals surface area contributed by atoms with Crippen molar-refractivity contribution in [3.8, 4) is 0 Å². The second-order valence-corrected chi connectivity index (χ2v) is 5.66. The zero-order chi connectivity index (χ0) is 13.0. The molecule has 0 amide bonds. The maximum atomic E-state index is 4.45. The van der Waals surface area contributed by atoms with Crippen molar-refractivity contribution in [1.82, 2.24) is 14.6 Å². The lowest BCUT2D eigenvalue weighted by Gasteiger charge is -2.29. The molecule has 0 fully saturated rings. The van der Waals surface area contributed by atoms with E-state index in [1.165, 1.54) is 0 Å². The lowest BCUT2D eigenvalue weighted by atomic mass is 10.0. The van der Waals surface area contributed by atoms with E-state index in [0.29, 0.717) is 5.95 Å². The molecule has 0 saturated heterocycles. The highest BCUT2D eigenvalue weighted by Crippen LogP contribution is 2.30. The molecule has 0 aromatic carbocycles. The highest BCUT2D eigenvalue weighted by molar-refractivity contribution is 8.00. The molecule has 0 spiro atoms. The molecule has 0 saturated carbocycles. The number of hydrogen-bond acceptors (Lipinski definition) is 4. The third-order valence-electron chi connectivity index (χ3n) is 3.53. The van der Waals surface area contributed by atoms with Gasteiger partial charge in [-0.3, -0.25) is 0 Å². The van der Waals surface area contributed by atoms with Crippen molar-refractivity contribution in [2.24, 2.45) is 0 Å². The number of hydrogen-bond donors (Lipinski definition) is 1. The van der Waals surface area contributed by atoms with E-state index in [0.717, 1.165) is 25.0 Å². The number of anilines is 1. The first-order valence-corrected chi connectivity index (χ1v) is 7.56. The number of nitrogens with zero attached hydrogens (tertiary/aromatic N) is 3. The van der Waals surface area contributed by atoms with Crippen molar-refractivity contribution in [2.75, 3.05) is 18.1 Å². The summed E-state index contributed by atoms with van der Waals surface area (Å²) in [5.41, 5.74) is 0.878. The highest BCUT2D eigenvalue weighted by Gasteiger charge is 2.24. The van der Waals surface area contributed by atoms with Crippen LogP contribution in [0.2, 0.25) is 0 Å². The molecule has 0 aliphatic carbocycles. The molecule has 1 N–H and O–H groups in total. The molecule has 0 unspecified atom stereocenters. The fourth-order valence-electron chi connectivity index (χ4n) is 2.01. The number of aromatic nitrogens is 3. The van der Waals surface area contributed by atoms with Gasteiger partial charge in [-0.1, -0.05) is 19.9 Å². The molecule has 5 heteroatoms. The molecular formula is C13H20N4S. The van der Waals surface area contributed by atoms with E-state index in [-0.39, 0.29) is 4.75 Å². The van der Waals surface area contributed by atoms with Crippen LogP contribution in [0.5, 0.6) is 0 Å². The van der Waals surface area contributed by atoms with Gasteiger partial charge < -0.3 is 5.32 Å². The first-order valence-electron chi connectivity index (χ1n) is 6.33. The van der Waals surface area contributed by atoms with Crippen molar-refractivity contribution >= 4 is 23.4 Å². The van der Waals surface area contributed by atoms with Gasteiger partial charge in [-0.2, -0.15) is 16.7 Å². The normalized spacial score (nSPS) is 11.9. The number of fused-ring (bicyclic) bond motifs is 1. The Bertz CT molecular complexity index is 463. The van der Waals surface area contributed by atoms with Crippen LogP contribution in [0.25, 0.3) is 5.65 Å². The summed E-state index contributed by atoms with van der Waals surface area (Å²) < 4.78 is 2.07. The van der Waals surface area contributed by atoms with Crippen LogP contribution < -0.4 is 5.32 Å². The third-order valence-corrected chi connectivity index (χ3v) is 5.12. The minimum absolute atomic E-state index is 0.275. The number of nitrogens with one attached hydrogen (secondary N) is 1. The van der Waals surface area contributed by atoms with Gasteiger partial charge in [0.05, 0.1) is 0 Å². The maximum absolute atomic E-state index is 4.45. The monoisotopic (exact) mass is 264 g/mol. The van der Waals surface area contributed by atoms with Crippen LogP contribution in [0.1, 0.15) is 26.7 Å². The van der Waals surface area contributed by atoms with Crippen molar-refractivity contribution in [2.45, 2.75) is 31.4 Å². The first kappa shape index (κ1) is 13.2. The molecule has 0 bridgehead atoms. The minimum Gasteiger partial charge on any atom is -0.352 e. The quantitative estimate of drug-likeness (QED) is 0.870. The number of rotatable bonds is 6. The number of thioether (sulfide) groups is 1. The van der Waals surface area contributed by atoms with Crippen LogP contribution in [0.15, 0.2) is 24.4 Å². The number of pyridine rings is 1. The first-order chi connectivity index (χ1) is 8.73. The summed E-state index contributed by atoms with van der Waals surface area (Å²) >= 11 is 1.92. The molecule has 2 heterocycles. The zero-order valence-electron chi connectivity index (χ0n) is 11.2. The van der Waals surface area contributed by atoms with Gasteiger partial charge in [-0.15, -0.1) is 5.10 Å². The summed E-state index contributed by atoms with van der Waals surface area (Å²) in [5, 5.41) is 7.77. The Labute approximate surface area is 112 Å². The molecule has 0 radical (unpaired) electrons. The molecule has 18 heavy (non-hydrogen) atoms. The van der Waals surface area contributed by atoms with Crippen LogP contribution in [0.3, 0.4) is 0 Å². The van der Waals surface area contributed by atoms with Gasteiger partial charge in [0.25, 0.3) is 0 Å². The summed E-state index contributed by atoms with van der Waals surface area (Å²) in [6, 6.07) is 5.88. The van der Waals surface area contributed by atoms with Crippen molar-refractivity contribution in [3.05, 3.63) is 24.4 Å². The smallest absolute Gasteiger partial charge is 0.243 e. The van der Waals surface area contributed by atoms with E-state index < -0.39 is 0 Å². The fourth-order valence-corrected chi connectivity index (χ4v) is 2.80. The molecule has 0 atom stereocenters. The average molecular weight is 264 g/mol. The Kier molecular flexibility index (Phi) is 4.11. The van der Waals surface area contributed by atoms with Crippen LogP contribution >= 0.6 is 11.8 Å². The Morgan fingerprint density at radius 3 is 2.72 bits per heavy atom. The molecule has 0 aliphatic heterocycles. The van der Waals surface area contributed by atoms with Crippen molar-refractivity contribution in [1.29, 1.82) is 0 Å². The van der Waals surface area contributed by atoms with Gasteiger partial charge in [-0.05, 0) is 31.2 Å². The maximum Gasteiger partial charge on any atom is 0.243 e. The van der Waals surface area contributed by atoms with Crippen molar-refractivity contribution in [3.63, 3.8) is 0 Å². The molecule has 2 rings (SSSR count). The lowest BCUT2D eigenvalue weighted by Crippen LogP contribution is -2.32. The Morgan fingerprint density at radius 1 is 1.33 bits per heavy atom. The average Bonchev–Trinajstić information content (AvgIpc) is 2.84. The molecule has 2 aromatic rings. The topological polar surface area (TPSA) is 42.2 Å². The second-order valence-electron chi connectivity index (χ2n) is 4.39. The van der Waals surface area contributed by atoms with E-state index >= 15 is 0 Å². The highest BCUT2D eigenvalue weighted by atomic mass is 32.2. The van der Waals surface area contributed by atoms with E-state index in [1.807, 2.05) is 36.2 Å². The SMILES string of the molecule is CCC(CC)(CNc1nc2ccccn2n1)SC. The van der Waals surface area contributed by atoms with Gasteiger partial charge in [0.15, 0.2) is 5.65 Å². The Hall–Kier alpha value is -1.23. The van der Waals surface area contributed by atoms with Crippen LogP contribution in [-0.2, 0) is 0 Å². The standard InChI is InChI=1S/C13H20N4S/c1-4-13(5-2,18-3)10-14-12-15-11-8-6-7-9-17(11)16-12/h6-9H,4-5,10H2,1-3H3,(H,14,16). The summed E-state index contributed by atoms with van der Waals surface area (Å²) in [6.45, 7) is 5.37. The zero-order valence-corrected chi connectivity index (χ0v) is 12.0. The molecule has 2 aromatic heterocycles. The van der Waals surface area contributed by atoms with Gasteiger partial charge in [0.1, 0.15) is 0 Å². The van der Waals surface area contributed by atoms with E-state index in [9.17, 15) is 0 Å². The third kappa shape index (κ3) is 2.61. The van der Waals surface area contributed by atoms with E-state index in [4.69, 9.17) is 0 Å². The van der Waals surface area contributed by atoms with Gasteiger partial charge in [0, 0.05) is 17.5 Å². The Morgan fingerprint density at radius 2 is 2.11 bits per heavy atom. The van der Waals surface area contributed by atoms with Gasteiger partial charge >= 0.3 is 0 Å². The fraction of sp³-hybridized carbons (Fsp3) is 0.538. The summed E-state index contributed by atoms with van der Waals surface area (Å²) in [4.78, 5) is 4.45. The summed E-state index contributed by atoms with van der Waals surface area (Å²) in [6.07, 6.45) is 6.37. The molecule has 4 nitrogen and oxygen atoms in total. The minimum atomic E-state index is 0.275.